The summed E-state index contributed by atoms with van der Waals surface area (Å²) in [7, 11) is 0. The number of nitrogens with two attached hydrogens (primary N) is 2. The number of carbonyl (C=O) groups is 3. The van der Waals surface area contributed by atoms with Gasteiger partial charge in [-0.2, -0.15) is 0 Å². The quantitative estimate of drug-likeness (QED) is 0.425. The third kappa shape index (κ3) is 5.14. The number of ketones is 1. The zero-order chi connectivity index (χ0) is 24.4. The minimum Gasteiger partial charge on any atom is -0.396 e. The van der Waals surface area contributed by atoms with Crippen LogP contribution in [0.2, 0.25) is 10.0 Å². The Morgan fingerprint density at radius 3 is 2.41 bits per heavy atom. The zero-order valence-corrected chi connectivity index (χ0v) is 20.1. The number of para-hydroxylation sites is 1. The molecule has 1 saturated heterocycles. The van der Waals surface area contributed by atoms with Gasteiger partial charge in [0.25, 0.3) is 0 Å². The summed E-state index contributed by atoms with van der Waals surface area (Å²) in [4.78, 5) is 41.8. The van der Waals surface area contributed by atoms with Crippen molar-refractivity contribution in [2.24, 2.45) is 5.73 Å². The highest BCUT2D eigenvalue weighted by molar-refractivity contribution is 6.39. The number of nitrogens with zero attached hydrogens (tertiary/aromatic N) is 2. The monoisotopic (exact) mass is 503 g/mol. The summed E-state index contributed by atoms with van der Waals surface area (Å²) >= 11 is 12.0. The number of rotatable bonds is 5. The molecule has 4 rings (SSSR count). The lowest BCUT2D eigenvalue weighted by Gasteiger charge is -2.38. The van der Waals surface area contributed by atoms with Crippen LogP contribution in [-0.2, 0) is 11.2 Å². The van der Waals surface area contributed by atoms with E-state index in [1.807, 2.05) is 29.2 Å². The summed E-state index contributed by atoms with van der Waals surface area (Å²) in [5, 5.41) is 3.35. The van der Waals surface area contributed by atoms with Crippen LogP contribution in [0.4, 0.5) is 16.2 Å². The number of amides is 3. The van der Waals surface area contributed by atoms with Crippen molar-refractivity contribution in [1.29, 1.82) is 0 Å². The Balaban J connectivity index is 1.32. The Morgan fingerprint density at radius 1 is 1.09 bits per heavy atom. The fourth-order valence-electron chi connectivity index (χ4n) is 4.52. The molecule has 0 radical (unpaired) electrons. The van der Waals surface area contributed by atoms with Gasteiger partial charge in [-0.25, -0.2) is 4.79 Å². The predicted molar refractivity (Wildman–Crippen MR) is 133 cm³/mol. The number of nitrogens with one attached hydrogen (secondary N) is 1. The van der Waals surface area contributed by atoms with Gasteiger partial charge in [0.05, 0.1) is 21.8 Å². The van der Waals surface area contributed by atoms with E-state index in [0.717, 1.165) is 17.7 Å². The average molecular weight is 504 g/mol. The van der Waals surface area contributed by atoms with Crippen LogP contribution in [0.15, 0.2) is 36.4 Å². The van der Waals surface area contributed by atoms with Gasteiger partial charge in [-0.05, 0) is 43.0 Å². The maximum atomic E-state index is 12.9. The molecule has 2 aliphatic heterocycles. The summed E-state index contributed by atoms with van der Waals surface area (Å²) in [6.45, 7) is 1.57. The molecule has 10 heteroatoms. The summed E-state index contributed by atoms with van der Waals surface area (Å²) < 4.78 is 0. The first kappa shape index (κ1) is 24.3. The molecule has 3 amide bonds. The highest BCUT2D eigenvalue weighted by Gasteiger charge is 2.33. The molecule has 0 spiro atoms. The molecule has 0 unspecified atom stereocenters. The number of hydrogen-bond acceptors (Lipinski definition) is 5. The lowest BCUT2D eigenvalue weighted by molar-refractivity contribution is -0.134. The van der Waals surface area contributed by atoms with E-state index in [9.17, 15) is 14.4 Å². The molecule has 0 saturated carbocycles. The summed E-state index contributed by atoms with van der Waals surface area (Å²) in [5.74, 6) is -0.618. The van der Waals surface area contributed by atoms with E-state index in [4.69, 9.17) is 34.7 Å². The molecule has 1 fully saturated rings. The van der Waals surface area contributed by atoms with Crippen LogP contribution in [-0.4, -0.2) is 59.2 Å². The number of likely N-dealkylation sites (tertiary alicyclic amines) is 1. The summed E-state index contributed by atoms with van der Waals surface area (Å²) in [5.41, 5.74) is 14.2. The largest absolute Gasteiger partial charge is 0.396 e. The number of carbonyl (C=O) groups excluding carboxylic acids is 3. The van der Waals surface area contributed by atoms with Gasteiger partial charge in [-0.15, -0.1) is 0 Å². The van der Waals surface area contributed by atoms with Crippen molar-refractivity contribution >= 4 is 52.3 Å². The van der Waals surface area contributed by atoms with Gasteiger partial charge >= 0.3 is 6.03 Å². The summed E-state index contributed by atoms with van der Waals surface area (Å²) in [6, 6.07) is 9.61. The molecule has 2 aliphatic rings. The molecule has 0 bridgehead atoms. The number of urea groups is 1. The van der Waals surface area contributed by atoms with Crippen LogP contribution in [0, 0.1) is 0 Å². The lowest BCUT2D eigenvalue weighted by atomic mass is 9.99. The highest BCUT2D eigenvalue weighted by atomic mass is 35.5. The van der Waals surface area contributed by atoms with Crippen LogP contribution in [0.25, 0.3) is 0 Å². The van der Waals surface area contributed by atoms with Gasteiger partial charge in [0.2, 0.25) is 5.91 Å². The van der Waals surface area contributed by atoms with E-state index >= 15 is 0 Å². The fraction of sp³-hybridized carbons (Fsp3) is 0.375. The van der Waals surface area contributed by atoms with E-state index < -0.39 is 6.04 Å². The molecule has 0 aliphatic carbocycles. The third-order valence-corrected chi connectivity index (χ3v) is 7.11. The van der Waals surface area contributed by atoms with Crippen molar-refractivity contribution in [2.75, 3.05) is 30.7 Å². The van der Waals surface area contributed by atoms with Crippen molar-refractivity contribution in [3.8, 4) is 0 Å². The number of halogens is 2. The van der Waals surface area contributed by atoms with Crippen molar-refractivity contribution in [3.63, 3.8) is 0 Å². The predicted octanol–water partition coefficient (Wildman–Crippen LogP) is 3.56. The lowest BCUT2D eigenvalue weighted by Crippen LogP contribution is -2.53. The van der Waals surface area contributed by atoms with Gasteiger partial charge in [0.1, 0.15) is 0 Å². The van der Waals surface area contributed by atoms with Crippen molar-refractivity contribution < 1.29 is 14.4 Å². The minimum absolute atomic E-state index is 0.0373. The van der Waals surface area contributed by atoms with Gasteiger partial charge in [-0.1, -0.05) is 41.4 Å². The second-order valence-electron chi connectivity index (χ2n) is 8.67. The number of piperidine rings is 1. The molecule has 2 aromatic carbocycles. The maximum absolute atomic E-state index is 12.9. The Morgan fingerprint density at radius 2 is 1.74 bits per heavy atom. The SMILES string of the molecule is Nc1c(Cl)cc(C(=O)C[C@@H](N)C(=O)N2CCC(N3CCc4ccccc4NC3=O)CC2)cc1Cl. The Bertz CT molecular complexity index is 1090. The topological polar surface area (TPSA) is 122 Å². The van der Waals surface area contributed by atoms with E-state index in [1.54, 1.807) is 4.90 Å². The first-order valence-electron chi connectivity index (χ1n) is 11.2. The molecule has 2 heterocycles. The smallest absolute Gasteiger partial charge is 0.322 e. The highest BCUT2D eigenvalue weighted by Crippen LogP contribution is 2.30. The van der Waals surface area contributed by atoms with Crippen LogP contribution in [0.5, 0.6) is 0 Å². The zero-order valence-electron chi connectivity index (χ0n) is 18.6. The standard InChI is InChI=1S/C24H27Cl2N5O3/c25-17-11-15(12-18(26)22(17)28)21(32)13-19(27)23(33)30-8-6-16(7-9-30)31-10-5-14-3-1-2-4-20(14)29-24(31)34/h1-4,11-12,16,19H,5-10,13,27-28H2,(H,29,34)/t19-/m1/s1. The molecule has 0 aromatic heterocycles. The Labute approximate surface area is 208 Å². The van der Waals surface area contributed by atoms with E-state index in [0.29, 0.717) is 32.5 Å². The number of hydrogen-bond donors (Lipinski definition) is 3. The van der Waals surface area contributed by atoms with Crippen LogP contribution in [0.1, 0.15) is 35.2 Å². The number of fused-ring (bicyclic) bond motifs is 1. The van der Waals surface area contributed by atoms with E-state index in [-0.39, 0.29) is 51.5 Å². The molecule has 180 valence electrons. The van der Waals surface area contributed by atoms with Gasteiger partial charge < -0.3 is 26.6 Å². The Hall–Kier alpha value is -2.81. The maximum Gasteiger partial charge on any atom is 0.322 e. The first-order valence-corrected chi connectivity index (χ1v) is 12.0. The van der Waals surface area contributed by atoms with E-state index in [1.165, 1.54) is 12.1 Å². The first-order chi connectivity index (χ1) is 16.2. The Kier molecular flexibility index (Phi) is 7.30. The van der Waals surface area contributed by atoms with Crippen molar-refractivity contribution in [3.05, 3.63) is 57.6 Å². The summed E-state index contributed by atoms with van der Waals surface area (Å²) in [6.07, 6.45) is 1.92. The molecule has 2 aromatic rings. The normalized spacial score (nSPS) is 17.6. The molecule has 8 nitrogen and oxygen atoms in total. The van der Waals surface area contributed by atoms with Crippen LogP contribution in [0.3, 0.4) is 0 Å². The second kappa shape index (κ2) is 10.2. The van der Waals surface area contributed by atoms with Gasteiger partial charge in [0.15, 0.2) is 5.78 Å². The van der Waals surface area contributed by atoms with E-state index in [2.05, 4.69) is 5.32 Å². The number of anilines is 2. The van der Waals surface area contributed by atoms with Crippen LogP contribution < -0.4 is 16.8 Å². The molecular formula is C24H27Cl2N5O3. The minimum atomic E-state index is -0.977. The van der Waals surface area contributed by atoms with Crippen LogP contribution >= 0.6 is 23.2 Å². The fourth-order valence-corrected chi connectivity index (χ4v) is 5.01. The number of Topliss-reactive ketones (excluding diaryl/α,β-unsaturated/α-hetero) is 1. The number of benzene rings is 2. The van der Waals surface area contributed by atoms with Gasteiger partial charge in [0, 0.05) is 43.3 Å². The number of nitrogen functional groups attached to an aromatic ring is 1. The molecular weight excluding hydrogens is 477 g/mol. The van der Waals surface area contributed by atoms with Crippen molar-refractivity contribution in [2.45, 2.75) is 37.8 Å². The molecule has 5 N–H and O–H groups in total. The van der Waals surface area contributed by atoms with Gasteiger partial charge in [-0.3, -0.25) is 9.59 Å². The third-order valence-electron chi connectivity index (χ3n) is 6.48. The average Bonchev–Trinajstić information content (AvgIpc) is 2.99. The molecule has 1 atom stereocenters. The van der Waals surface area contributed by atoms with Crippen molar-refractivity contribution in [1.82, 2.24) is 9.80 Å². The molecule has 34 heavy (non-hydrogen) atoms. The second-order valence-corrected chi connectivity index (χ2v) is 9.49.